The van der Waals surface area contributed by atoms with Crippen LogP contribution in [0.4, 0.5) is 5.69 Å². The van der Waals surface area contributed by atoms with Crippen LogP contribution in [0.3, 0.4) is 0 Å². The van der Waals surface area contributed by atoms with Crippen molar-refractivity contribution in [2.24, 2.45) is 0 Å². The van der Waals surface area contributed by atoms with Gasteiger partial charge in [-0.25, -0.2) is 8.42 Å². The summed E-state index contributed by atoms with van der Waals surface area (Å²) in [5.74, 6) is 0.858. The van der Waals surface area contributed by atoms with Gasteiger partial charge in [0, 0.05) is 5.56 Å². The normalized spacial score (nSPS) is 13.3. The molecule has 0 unspecified atom stereocenters. The first kappa shape index (κ1) is 24.5. The minimum atomic E-state index is -3.70. The SMILES string of the molecule is CC[C@H](C(=O)N[C@H](C)c1cc(OC)ccc1OC)N(c1ccc(C)c(C)c1)S(C)(=O)=O. The molecule has 0 fully saturated rings. The number of carbonyl (C=O) groups is 1. The van der Waals surface area contributed by atoms with Crippen molar-refractivity contribution in [1.82, 2.24) is 5.32 Å². The summed E-state index contributed by atoms with van der Waals surface area (Å²) in [4.78, 5) is 13.2. The lowest BCUT2D eigenvalue weighted by atomic mass is 10.1. The lowest BCUT2D eigenvalue weighted by Crippen LogP contribution is -2.49. The number of nitrogens with one attached hydrogen (secondary N) is 1. The number of methoxy groups -OCH3 is 2. The van der Waals surface area contributed by atoms with Gasteiger partial charge in [0.25, 0.3) is 0 Å². The molecule has 2 aromatic rings. The van der Waals surface area contributed by atoms with Gasteiger partial charge in [-0.15, -0.1) is 0 Å². The molecule has 0 radical (unpaired) electrons. The van der Waals surface area contributed by atoms with Gasteiger partial charge in [-0.05, 0) is 68.7 Å². The van der Waals surface area contributed by atoms with Gasteiger partial charge < -0.3 is 14.8 Å². The van der Waals surface area contributed by atoms with Crippen LogP contribution >= 0.6 is 0 Å². The molecule has 0 saturated heterocycles. The molecule has 170 valence electrons. The number of anilines is 1. The highest BCUT2D eigenvalue weighted by atomic mass is 32.2. The van der Waals surface area contributed by atoms with E-state index in [2.05, 4.69) is 5.32 Å². The van der Waals surface area contributed by atoms with Gasteiger partial charge in [0.1, 0.15) is 17.5 Å². The van der Waals surface area contributed by atoms with Crippen LogP contribution in [0.5, 0.6) is 11.5 Å². The van der Waals surface area contributed by atoms with Crippen LogP contribution in [0.25, 0.3) is 0 Å². The first-order valence-corrected chi connectivity index (χ1v) is 12.0. The fourth-order valence-corrected chi connectivity index (χ4v) is 4.69. The Balaban J connectivity index is 2.39. The molecule has 7 nitrogen and oxygen atoms in total. The molecular formula is C23H32N2O5S. The summed E-state index contributed by atoms with van der Waals surface area (Å²) in [6.07, 6.45) is 1.43. The van der Waals surface area contributed by atoms with E-state index in [-0.39, 0.29) is 5.91 Å². The summed E-state index contributed by atoms with van der Waals surface area (Å²) < 4.78 is 37.3. The first-order valence-electron chi connectivity index (χ1n) is 10.1. The Morgan fingerprint density at radius 3 is 2.26 bits per heavy atom. The highest BCUT2D eigenvalue weighted by Crippen LogP contribution is 2.30. The maximum atomic E-state index is 13.2. The molecule has 31 heavy (non-hydrogen) atoms. The van der Waals surface area contributed by atoms with Crippen molar-refractivity contribution in [3.05, 3.63) is 53.1 Å². The zero-order chi connectivity index (χ0) is 23.3. The topological polar surface area (TPSA) is 84.9 Å². The number of amides is 1. The van der Waals surface area contributed by atoms with Gasteiger partial charge in [-0.2, -0.15) is 0 Å². The third-order valence-electron chi connectivity index (χ3n) is 5.34. The summed E-state index contributed by atoms with van der Waals surface area (Å²) >= 11 is 0. The van der Waals surface area contributed by atoms with Crippen molar-refractivity contribution in [3.63, 3.8) is 0 Å². The summed E-state index contributed by atoms with van der Waals surface area (Å²) in [5, 5.41) is 2.94. The number of hydrogen-bond donors (Lipinski definition) is 1. The van der Waals surface area contributed by atoms with Crippen molar-refractivity contribution in [1.29, 1.82) is 0 Å². The molecule has 0 aliphatic carbocycles. The van der Waals surface area contributed by atoms with Gasteiger partial charge in [0.2, 0.25) is 15.9 Å². The van der Waals surface area contributed by atoms with E-state index in [0.29, 0.717) is 23.6 Å². The fraction of sp³-hybridized carbons (Fsp3) is 0.435. The van der Waals surface area contributed by atoms with Crippen molar-refractivity contribution >= 4 is 21.6 Å². The Morgan fingerprint density at radius 1 is 1.06 bits per heavy atom. The van der Waals surface area contributed by atoms with Crippen molar-refractivity contribution in [3.8, 4) is 11.5 Å². The molecule has 0 heterocycles. The molecular weight excluding hydrogens is 416 g/mol. The van der Waals surface area contributed by atoms with Crippen LogP contribution < -0.4 is 19.1 Å². The molecule has 1 N–H and O–H groups in total. The van der Waals surface area contributed by atoms with Crippen molar-refractivity contribution in [2.75, 3.05) is 24.8 Å². The number of nitrogens with zero attached hydrogens (tertiary/aromatic N) is 1. The van der Waals surface area contributed by atoms with Crippen LogP contribution in [0, 0.1) is 13.8 Å². The van der Waals surface area contributed by atoms with E-state index < -0.39 is 22.1 Å². The maximum absolute atomic E-state index is 13.2. The Hall–Kier alpha value is -2.74. The monoisotopic (exact) mass is 448 g/mol. The number of rotatable bonds is 9. The Kier molecular flexibility index (Phi) is 7.95. The van der Waals surface area contributed by atoms with Crippen LogP contribution in [-0.4, -0.2) is 40.8 Å². The maximum Gasteiger partial charge on any atom is 0.244 e. The van der Waals surface area contributed by atoms with E-state index in [1.807, 2.05) is 26.8 Å². The Bertz CT molecular complexity index is 1040. The predicted molar refractivity (Wildman–Crippen MR) is 123 cm³/mol. The van der Waals surface area contributed by atoms with E-state index in [9.17, 15) is 13.2 Å². The van der Waals surface area contributed by atoms with Crippen molar-refractivity contribution in [2.45, 2.75) is 46.2 Å². The van der Waals surface area contributed by atoms with Crippen molar-refractivity contribution < 1.29 is 22.7 Å². The standard InChI is InChI=1S/C23H32N2O5S/c1-8-21(25(31(7,27)28)18-10-9-15(2)16(3)13-18)23(26)24-17(4)20-14-19(29-5)11-12-22(20)30-6/h9-14,17,21H,8H2,1-7H3,(H,24,26)/t17-,21-/m1/s1. The smallest absolute Gasteiger partial charge is 0.244 e. The number of sulfonamides is 1. The average molecular weight is 449 g/mol. The lowest BCUT2D eigenvalue weighted by molar-refractivity contribution is -0.122. The quantitative estimate of drug-likeness (QED) is 0.632. The molecule has 2 rings (SSSR count). The van der Waals surface area contributed by atoms with Gasteiger partial charge >= 0.3 is 0 Å². The second kappa shape index (κ2) is 10.0. The van der Waals surface area contributed by atoms with Gasteiger partial charge in [0.05, 0.1) is 32.2 Å². The number of aryl methyl sites for hydroxylation is 2. The summed E-state index contributed by atoms with van der Waals surface area (Å²) in [6.45, 7) is 7.48. The summed E-state index contributed by atoms with van der Waals surface area (Å²) in [7, 11) is -0.580. The molecule has 2 atom stereocenters. The van der Waals surface area contributed by atoms with E-state index in [1.165, 1.54) is 4.31 Å². The van der Waals surface area contributed by atoms with Crippen LogP contribution in [0.1, 0.15) is 43.0 Å². The largest absolute Gasteiger partial charge is 0.497 e. The third kappa shape index (κ3) is 5.70. The minimum Gasteiger partial charge on any atom is -0.497 e. The van der Waals surface area contributed by atoms with Crippen LogP contribution in [0.15, 0.2) is 36.4 Å². The van der Waals surface area contributed by atoms with Gasteiger partial charge in [-0.3, -0.25) is 9.10 Å². The van der Waals surface area contributed by atoms with Gasteiger partial charge in [-0.1, -0.05) is 13.0 Å². The second-order valence-corrected chi connectivity index (χ2v) is 9.45. The fourth-order valence-electron chi connectivity index (χ4n) is 3.49. The third-order valence-corrected chi connectivity index (χ3v) is 6.52. The lowest BCUT2D eigenvalue weighted by Gasteiger charge is -2.31. The molecule has 0 aliphatic rings. The van der Waals surface area contributed by atoms with Crippen LogP contribution in [0.2, 0.25) is 0 Å². The number of hydrogen-bond acceptors (Lipinski definition) is 5. The highest BCUT2D eigenvalue weighted by molar-refractivity contribution is 7.92. The van der Waals surface area contributed by atoms with Gasteiger partial charge in [0.15, 0.2) is 0 Å². The van der Waals surface area contributed by atoms with E-state index >= 15 is 0 Å². The first-order chi connectivity index (χ1) is 14.5. The number of carbonyl (C=O) groups excluding carboxylic acids is 1. The molecule has 0 spiro atoms. The zero-order valence-electron chi connectivity index (χ0n) is 19.2. The second-order valence-electron chi connectivity index (χ2n) is 7.59. The predicted octanol–water partition coefficient (Wildman–Crippen LogP) is 3.74. The molecule has 8 heteroatoms. The minimum absolute atomic E-state index is 0.313. The van der Waals surface area contributed by atoms with E-state index in [0.717, 1.165) is 22.9 Å². The molecule has 0 aliphatic heterocycles. The Morgan fingerprint density at radius 2 is 1.74 bits per heavy atom. The summed E-state index contributed by atoms with van der Waals surface area (Å²) in [5.41, 5.74) is 3.21. The van der Waals surface area contributed by atoms with E-state index in [1.54, 1.807) is 51.5 Å². The highest BCUT2D eigenvalue weighted by Gasteiger charge is 2.32. The molecule has 0 aromatic heterocycles. The molecule has 0 saturated carbocycles. The number of benzene rings is 2. The molecule has 1 amide bonds. The summed E-state index contributed by atoms with van der Waals surface area (Å²) in [6, 6.07) is 9.40. The molecule has 2 aromatic carbocycles. The zero-order valence-corrected chi connectivity index (χ0v) is 20.0. The average Bonchev–Trinajstić information content (AvgIpc) is 2.72. The van der Waals surface area contributed by atoms with E-state index in [4.69, 9.17) is 9.47 Å². The van der Waals surface area contributed by atoms with Crippen LogP contribution in [-0.2, 0) is 14.8 Å². The molecule has 0 bridgehead atoms. The Labute approximate surface area is 185 Å². The number of ether oxygens (including phenoxy) is 2.